The Hall–Kier alpha value is -2.08. The van der Waals surface area contributed by atoms with E-state index < -0.39 is 0 Å². The van der Waals surface area contributed by atoms with Crippen LogP contribution in [0.3, 0.4) is 0 Å². The number of amides is 2. The van der Waals surface area contributed by atoms with Crippen LogP contribution in [0.25, 0.3) is 0 Å². The van der Waals surface area contributed by atoms with Crippen molar-refractivity contribution < 1.29 is 14.3 Å². The van der Waals surface area contributed by atoms with Gasteiger partial charge in [-0.2, -0.15) is 0 Å². The van der Waals surface area contributed by atoms with Gasteiger partial charge in [-0.1, -0.05) is 25.1 Å². The second-order valence-electron chi connectivity index (χ2n) is 5.58. The number of hydrogen-bond acceptors (Lipinski definition) is 4. The van der Waals surface area contributed by atoms with Crippen molar-refractivity contribution in [3.8, 4) is 5.75 Å². The Kier molecular flexibility index (Phi) is 6.40. The van der Waals surface area contributed by atoms with E-state index in [2.05, 4.69) is 17.1 Å². The van der Waals surface area contributed by atoms with Gasteiger partial charge >= 0.3 is 0 Å². The Morgan fingerprint density at radius 2 is 1.87 bits per heavy atom. The van der Waals surface area contributed by atoms with Crippen molar-refractivity contribution in [3.63, 3.8) is 0 Å². The monoisotopic (exact) mass is 319 g/mol. The topological polar surface area (TPSA) is 61.9 Å². The molecule has 6 heteroatoms. The molecule has 1 aliphatic rings. The number of methoxy groups -OCH3 is 1. The summed E-state index contributed by atoms with van der Waals surface area (Å²) in [5, 5.41) is 2.79. The first-order chi connectivity index (χ1) is 11.1. The molecule has 0 aliphatic carbocycles. The van der Waals surface area contributed by atoms with E-state index in [0.29, 0.717) is 19.6 Å². The number of carbonyl (C=O) groups excluding carboxylic acids is 2. The van der Waals surface area contributed by atoms with Crippen LogP contribution < -0.4 is 10.1 Å². The van der Waals surface area contributed by atoms with E-state index in [1.807, 2.05) is 24.3 Å². The smallest absolute Gasteiger partial charge is 0.232 e. The van der Waals surface area contributed by atoms with Crippen molar-refractivity contribution in [3.05, 3.63) is 29.8 Å². The molecule has 0 unspecified atom stereocenters. The van der Waals surface area contributed by atoms with E-state index in [1.165, 1.54) is 0 Å². The first-order valence-electron chi connectivity index (χ1n) is 8.02. The molecule has 1 heterocycles. The lowest BCUT2D eigenvalue weighted by atomic mass is 10.2. The molecule has 1 saturated heterocycles. The summed E-state index contributed by atoms with van der Waals surface area (Å²) in [5.41, 5.74) is 0.896. The van der Waals surface area contributed by atoms with Gasteiger partial charge in [0, 0.05) is 38.3 Å². The summed E-state index contributed by atoms with van der Waals surface area (Å²) >= 11 is 0. The third-order valence-electron chi connectivity index (χ3n) is 4.15. The quantitative estimate of drug-likeness (QED) is 0.790. The zero-order chi connectivity index (χ0) is 16.7. The van der Waals surface area contributed by atoms with Gasteiger partial charge in [0.05, 0.1) is 7.11 Å². The Morgan fingerprint density at radius 3 is 2.52 bits per heavy atom. The summed E-state index contributed by atoms with van der Waals surface area (Å²) in [6.07, 6.45) is -0.0960. The number of piperazine rings is 1. The molecule has 0 radical (unpaired) electrons. The normalized spacial score (nSPS) is 15.3. The molecule has 0 atom stereocenters. The number of nitrogens with one attached hydrogen (secondary N) is 1. The molecule has 1 N–H and O–H groups in total. The van der Waals surface area contributed by atoms with Crippen LogP contribution >= 0.6 is 0 Å². The Morgan fingerprint density at radius 1 is 1.17 bits per heavy atom. The zero-order valence-electron chi connectivity index (χ0n) is 13.9. The molecule has 1 fully saturated rings. The largest absolute Gasteiger partial charge is 0.496 e. The average Bonchev–Trinajstić information content (AvgIpc) is 2.60. The third kappa shape index (κ3) is 4.96. The lowest BCUT2D eigenvalue weighted by Crippen LogP contribution is -2.49. The van der Waals surface area contributed by atoms with Crippen molar-refractivity contribution in [2.75, 3.05) is 39.8 Å². The maximum atomic E-state index is 12.2. The van der Waals surface area contributed by atoms with Gasteiger partial charge < -0.3 is 19.9 Å². The van der Waals surface area contributed by atoms with Gasteiger partial charge in [-0.3, -0.25) is 9.59 Å². The van der Waals surface area contributed by atoms with Gasteiger partial charge in [-0.15, -0.1) is 0 Å². The minimum Gasteiger partial charge on any atom is -0.496 e. The summed E-state index contributed by atoms with van der Waals surface area (Å²) in [6, 6.07) is 7.51. The van der Waals surface area contributed by atoms with Crippen LogP contribution in [0.1, 0.15) is 18.9 Å². The Bertz CT molecular complexity index is 540. The molecule has 1 aromatic carbocycles. The molecule has 1 aromatic rings. The number of likely N-dealkylation sites (N-methyl/N-ethyl adjacent to an activating group) is 1. The second-order valence-corrected chi connectivity index (χ2v) is 5.58. The average molecular weight is 319 g/mol. The summed E-state index contributed by atoms with van der Waals surface area (Å²) in [7, 11) is 1.60. The van der Waals surface area contributed by atoms with Crippen LogP contribution in [0.5, 0.6) is 5.75 Å². The standard InChI is InChI=1S/C17H25N3O3/c1-3-19-8-10-20(11-9-19)17(22)12-16(21)18-13-14-6-4-5-7-15(14)23-2/h4-7H,3,8-13H2,1-2H3,(H,18,21). The van der Waals surface area contributed by atoms with Crippen LogP contribution in [0.2, 0.25) is 0 Å². The number of benzene rings is 1. The Labute approximate surface area is 137 Å². The molecule has 0 saturated carbocycles. The molecule has 126 valence electrons. The van der Waals surface area contributed by atoms with Crippen molar-refractivity contribution >= 4 is 11.8 Å². The third-order valence-corrected chi connectivity index (χ3v) is 4.15. The fourth-order valence-corrected chi connectivity index (χ4v) is 2.67. The van der Waals surface area contributed by atoms with Gasteiger partial charge in [-0.05, 0) is 12.6 Å². The minimum absolute atomic E-state index is 0.0960. The number of hydrogen-bond donors (Lipinski definition) is 1. The van der Waals surface area contributed by atoms with Crippen molar-refractivity contribution in [1.29, 1.82) is 0 Å². The van der Waals surface area contributed by atoms with Crippen molar-refractivity contribution in [2.45, 2.75) is 19.9 Å². The van der Waals surface area contributed by atoms with Crippen molar-refractivity contribution in [2.24, 2.45) is 0 Å². The SMILES string of the molecule is CCN1CCN(C(=O)CC(=O)NCc2ccccc2OC)CC1. The predicted octanol–water partition coefficient (Wildman–Crippen LogP) is 0.866. The maximum Gasteiger partial charge on any atom is 0.232 e. The lowest BCUT2D eigenvalue weighted by molar-refractivity contribution is -0.137. The van der Waals surface area contributed by atoms with Crippen LogP contribution in [0.15, 0.2) is 24.3 Å². The van der Waals surface area contributed by atoms with E-state index in [1.54, 1.807) is 12.0 Å². The van der Waals surface area contributed by atoms with Crippen LogP contribution in [-0.2, 0) is 16.1 Å². The molecule has 0 bridgehead atoms. The second kappa shape index (κ2) is 8.53. The van der Waals surface area contributed by atoms with E-state index >= 15 is 0 Å². The number of rotatable bonds is 6. The number of nitrogens with zero attached hydrogens (tertiary/aromatic N) is 2. The molecular weight excluding hydrogens is 294 g/mol. The highest BCUT2D eigenvalue weighted by molar-refractivity contribution is 5.96. The van der Waals surface area contributed by atoms with Crippen LogP contribution in [-0.4, -0.2) is 61.4 Å². The molecule has 23 heavy (non-hydrogen) atoms. The minimum atomic E-state index is -0.251. The summed E-state index contributed by atoms with van der Waals surface area (Å²) in [4.78, 5) is 28.2. The molecule has 0 spiro atoms. The summed E-state index contributed by atoms with van der Waals surface area (Å²) < 4.78 is 5.24. The van der Waals surface area contributed by atoms with Gasteiger partial charge in [0.15, 0.2) is 0 Å². The zero-order valence-corrected chi connectivity index (χ0v) is 13.9. The van der Waals surface area contributed by atoms with Gasteiger partial charge in [0.25, 0.3) is 0 Å². The molecule has 2 amide bonds. The lowest BCUT2D eigenvalue weighted by Gasteiger charge is -2.34. The number of ether oxygens (including phenoxy) is 1. The highest BCUT2D eigenvalue weighted by Gasteiger charge is 2.21. The number of carbonyl (C=O) groups is 2. The Balaban J connectivity index is 1.77. The molecule has 6 nitrogen and oxygen atoms in total. The predicted molar refractivity (Wildman–Crippen MR) is 88.2 cm³/mol. The fourth-order valence-electron chi connectivity index (χ4n) is 2.67. The van der Waals surface area contributed by atoms with Crippen LogP contribution in [0, 0.1) is 0 Å². The van der Waals surface area contributed by atoms with Gasteiger partial charge in [-0.25, -0.2) is 0 Å². The fraction of sp³-hybridized carbons (Fsp3) is 0.529. The highest BCUT2D eigenvalue weighted by Crippen LogP contribution is 2.16. The summed E-state index contributed by atoms with van der Waals surface area (Å²) in [6.45, 7) is 6.64. The highest BCUT2D eigenvalue weighted by atomic mass is 16.5. The molecular formula is C17H25N3O3. The van der Waals surface area contributed by atoms with Gasteiger partial charge in [0.2, 0.25) is 11.8 Å². The van der Waals surface area contributed by atoms with E-state index in [9.17, 15) is 9.59 Å². The van der Waals surface area contributed by atoms with Gasteiger partial charge in [0.1, 0.15) is 12.2 Å². The van der Waals surface area contributed by atoms with Crippen LogP contribution in [0.4, 0.5) is 0 Å². The number of para-hydroxylation sites is 1. The molecule has 1 aliphatic heterocycles. The molecule has 2 rings (SSSR count). The first kappa shape index (κ1) is 17.3. The van der Waals surface area contributed by atoms with E-state index in [4.69, 9.17) is 4.74 Å². The molecule has 0 aromatic heterocycles. The van der Waals surface area contributed by atoms with E-state index in [0.717, 1.165) is 30.9 Å². The van der Waals surface area contributed by atoms with Crippen molar-refractivity contribution in [1.82, 2.24) is 15.1 Å². The van der Waals surface area contributed by atoms with E-state index in [-0.39, 0.29) is 18.2 Å². The maximum absolute atomic E-state index is 12.2. The first-order valence-corrected chi connectivity index (χ1v) is 8.02. The summed E-state index contributed by atoms with van der Waals surface area (Å²) in [5.74, 6) is 0.381.